The second kappa shape index (κ2) is 7.76. The Labute approximate surface area is 78.8 Å². The predicted molar refractivity (Wildman–Crippen MR) is 52.6 cm³/mol. The number of carboxylic acid groups (broad SMARTS) is 1. The number of hydrogen-bond acceptors (Lipinski definition) is 3. The second-order valence-corrected chi connectivity index (χ2v) is 2.90. The first-order valence-corrected chi connectivity index (χ1v) is 4.50. The van der Waals surface area contributed by atoms with Crippen molar-refractivity contribution in [3.8, 4) is 0 Å². The molecule has 13 heavy (non-hydrogen) atoms. The fourth-order valence-corrected chi connectivity index (χ4v) is 0.922. The average Bonchev–Trinajstić information content (AvgIpc) is 2.10. The maximum atomic E-state index is 10.3. The highest BCUT2D eigenvalue weighted by Crippen LogP contribution is 2.03. The number of nitrogens with one attached hydrogen (secondary N) is 1. The topological polar surface area (TPSA) is 75.3 Å². The van der Waals surface area contributed by atoms with Gasteiger partial charge in [-0.15, -0.1) is 0 Å². The van der Waals surface area contributed by atoms with Crippen molar-refractivity contribution in [2.45, 2.75) is 19.3 Å². The lowest BCUT2D eigenvalue weighted by atomic mass is 10.1. The number of carbonyl (C=O) groups is 1. The molecule has 0 bridgehead atoms. The fourth-order valence-electron chi connectivity index (χ4n) is 0.922. The molecule has 4 N–H and O–H groups in total. The molecule has 0 aromatic carbocycles. The summed E-state index contributed by atoms with van der Waals surface area (Å²) in [6, 6.07) is 0. The lowest BCUT2D eigenvalue weighted by Crippen LogP contribution is -2.23. The monoisotopic (exact) mass is 186 g/mol. The molecule has 76 valence electrons. The molecular weight excluding hydrogens is 168 g/mol. The van der Waals surface area contributed by atoms with E-state index in [2.05, 4.69) is 11.9 Å². The number of unbranched alkanes of at least 4 members (excludes halogenated alkanes) is 1. The fraction of sp³-hybridized carbons (Fsp3) is 0.667. The molecule has 0 heterocycles. The van der Waals surface area contributed by atoms with E-state index in [9.17, 15) is 4.79 Å². The number of nitrogens with two attached hydrogens (primary N) is 1. The first kappa shape index (κ1) is 12.1. The molecule has 0 fully saturated rings. The second-order valence-electron chi connectivity index (χ2n) is 2.90. The average molecular weight is 186 g/mol. The largest absolute Gasteiger partial charge is 0.478 e. The van der Waals surface area contributed by atoms with Gasteiger partial charge >= 0.3 is 5.97 Å². The van der Waals surface area contributed by atoms with E-state index in [0.717, 1.165) is 25.9 Å². The number of hydrogen-bond donors (Lipinski definition) is 3. The van der Waals surface area contributed by atoms with Crippen LogP contribution in [0.4, 0.5) is 0 Å². The Hall–Kier alpha value is -0.870. The van der Waals surface area contributed by atoms with E-state index in [1.807, 2.05) is 0 Å². The minimum atomic E-state index is -0.894. The molecule has 0 aromatic heterocycles. The van der Waals surface area contributed by atoms with E-state index in [1.165, 1.54) is 0 Å². The van der Waals surface area contributed by atoms with Crippen molar-refractivity contribution in [2.75, 3.05) is 19.6 Å². The minimum absolute atomic E-state index is 0.291. The summed E-state index contributed by atoms with van der Waals surface area (Å²) < 4.78 is 0. The molecule has 0 saturated carbocycles. The minimum Gasteiger partial charge on any atom is -0.478 e. The van der Waals surface area contributed by atoms with Crippen molar-refractivity contribution >= 4 is 5.97 Å². The van der Waals surface area contributed by atoms with Crippen LogP contribution in [0.5, 0.6) is 0 Å². The van der Waals surface area contributed by atoms with Gasteiger partial charge in [0.2, 0.25) is 0 Å². The van der Waals surface area contributed by atoms with Gasteiger partial charge < -0.3 is 16.2 Å². The molecule has 0 saturated heterocycles. The maximum absolute atomic E-state index is 10.3. The van der Waals surface area contributed by atoms with Gasteiger partial charge in [0.15, 0.2) is 0 Å². The first-order valence-electron chi connectivity index (χ1n) is 4.50. The zero-order valence-corrected chi connectivity index (χ0v) is 7.88. The third kappa shape index (κ3) is 7.49. The zero-order valence-electron chi connectivity index (χ0n) is 7.88. The highest BCUT2D eigenvalue weighted by molar-refractivity contribution is 5.85. The molecule has 0 aliphatic carbocycles. The summed E-state index contributed by atoms with van der Waals surface area (Å²) in [4.78, 5) is 10.3. The molecule has 4 nitrogen and oxygen atoms in total. The molecule has 4 heteroatoms. The van der Waals surface area contributed by atoms with Crippen LogP contribution in [0.25, 0.3) is 0 Å². The van der Waals surface area contributed by atoms with Crippen LogP contribution in [0, 0.1) is 0 Å². The van der Waals surface area contributed by atoms with E-state index in [-0.39, 0.29) is 0 Å². The highest BCUT2D eigenvalue weighted by atomic mass is 16.4. The molecule has 0 spiro atoms. The van der Waals surface area contributed by atoms with Crippen LogP contribution in [0.2, 0.25) is 0 Å². The SMILES string of the molecule is C=C(CCCCNCCN)C(=O)O. The maximum Gasteiger partial charge on any atom is 0.330 e. The summed E-state index contributed by atoms with van der Waals surface area (Å²) in [6.45, 7) is 5.80. The number of rotatable bonds is 8. The Morgan fingerprint density at radius 1 is 1.38 bits per heavy atom. The number of aliphatic carboxylic acids is 1. The Bertz CT molecular complexity index is 169. The quantitative estimate of drug-likeness (QED) is 0.377. The lowest BCUT2D eigenvalue weighted by molar-refractivity contribution is -0.132. The van der Waals surface area contributed by atoms with Gasteiger partial charge in [-0.2, -0.15) is 0 Å². The molecular formula is C9H18N2O2. The summed E-state index contributed by atoms with van der Waals surface area (Å²) in [5, 5.41) is 11.6. The van der Waals surface area contributed by atoms with E-state index in [0.29, 0.717) is 18.5 Å². The molecule has 0 atom stereocenters. The molecule has 0 unspecified atom stereocenters. The van der Waals surface area contributed by atoms with Gasteiger partial charge in [0, 0.05) is 18.7 Å². The van der Waals surface area contributed by atoms with Crippen LogP contribution in [0.1, 0.15) is 19.3 Å². The molecule has 0 aromatic rings. The van der Waals surface area contributed by atoms with E-state index in [4.69, 9.17) is 10.8 Å². The van der Waals surface area contributed by atoms with Gasteiger partial charge in [0.1, 0.15) is 0 Å². The van der Waals surface area contributed by atoms with Gasteiger partial charge in [-0.05, 0) is 25.8 Å². The van der Waals surface area contributed by atoms with Crippen LogP contribution in [-0.2, 0) is 4.79 Å². The van der Waals surface area contributed by atoms with Crippen molar-refractivity contribution in [3.05, 3.63) is 12.2 Å². The Morgan fingerprint density at radius 2 is 2.08 bits per heavy atom. The van der Waals surface area contributed by atoms with E-state index in [1.54, 1.807) is 0 Å². The van der Waals surface area contributed by atoms with E-state index >= 15 is 0 Å². The van der Waals surface area contributed by atoms with Crippen LogP contribution < -0.4 is 11.1 Å². The van der Waals surface area contributed by atoms with Crippen molar-refractivity contribution < 1.29 is 9.90 Å². The van der Waals surface area contributed by atoms with Gasteiger partial charge in [-0.25, -0.2) is 4.79 Å². The summed E-state index contributed by atoms with van der Waals surface area (Å²) in [5.74, 6) is -0.894. The van der Waals surface area contributed by atoms with Crippen molar-refractivity contribution in [2.24, 2.45) is 5.73 Å². The third-order valence-electron chi connectivity index (χ3n) is 1.71. The van der Waals surface area contributed by atoms with Crippen LogP contribution >= 0.6 is 0 Å². The normalized spacial score (nSPS) is 9.92. The van der Waals surface area contributed by atoms with Crippen LogP contribution in [0.3, 0.4) is 0 Å². The van der Waals surface area contributed by atoms with Gasteiger partial charge in [-0.3, -0.25) is 0 Å². The van der Waals surface area contributed by atoms with Crippen LogP contribution in [0.15, 0.2) is 12.2 Å². The predicted octanol–water partition coefficient (Wildman–Crippen LogP) is 0.346. The molecule has 0 aliphatic heterocycles. The highest BCUT2D eigenvalue weighted by Gasteiger charge is 2.01. The summed E-state index contributed by atoms with van der Waals surface area (Å²) in [5.41, 5.74) is 5.57. The first-order chi connectivity index (χ1) is 6.18. The van der Waals surface area contributed by atoms with Gasteiger partial charge in [0.25, 0.3) is 0 Å². The molecule has 0 rings (SSSR count). The van der Waals surface area contributed by atoms with E-state index < -0.39 is 5.97 Å². The van der Waals surface area contributed by atoms with Gasteiger partial charge in [0.05, 0.1) is 0 Å². The summed E-state index contributed by atoms with van der Waals surface area (Å²) in [6.07, 6.45) is 2.40. The van der Waals surface area contributed by atoms with Crippen molar-refractivity contribution in [1.82, 2.24) is 5.32 Å². The van der Waals surface area contributed by atoms with Crippen molar-refractivity contribution in [3.63, 3.8) is 0 Å². The Balaban J connectivity index is 3.16. The molecule has 0 aliphatic rings. The Morgan fingerprint density at radius 3 is 2.62 bits per heavy atom. The number of carboxylic acids is 1. The lowest BCUT2D eigenvalue weighted by Gasteiger charge is -2.02. The summed E-state index contributed by atoms with van der Waals surface area (Å²) in [7, 11) is 0. The summed E-state index contributed by atoms with van der Waals surface area (Å²) >= 11 is 0. The van der Waals surface area contributed by atoms with Crippen LogP contribution in [-0.4, -0.2) is 30.7 Å². The third-order valence-corrected chi connectivity index (χ3v) is 1.71. The molecule has 0 amide bonds. The Kier molecular flexibility index (Phi) is 7.24. The molecule has 0 radical (unpaired) electrons. The smallest absolute Gasteiger partial charge is 0.330 e. The van der Waals surface area contributed by atoms with Gasteiger partial charge in [-0.1, -0.05) is 6.58 Å². The zero-order chi connectivity index (χ0) is 10.1. The standard InChI is InChI=1S/C9H18N2O2/c1-8(9(12)13)4-2-3-6-11-7-5-10/h11H,1-7,10H2,(H,12,13). The van der Waals surface area contributed by atoms with Crippen molar-refractivity contribution in [1.29, 1.82) is 0 Å².